The number of ether oxygens (including phenoxy) is 1. The Hall–Kier alpha value is -0.650. The van der Waals surface area contributed by atoms with Crippen LogP contribution in [-0.4, -0.2) is 24.9 Å². The average molecular weight is 317 g/mol. The number of hydrogen-bond acceptors (Lipinski definition) is 2. The highest BCUT2D eigenvalue weighted by atomic mass is 79.9. The molecule has 1 aromatic carbocycles. The van der Waals surface area contributed by atoms with Gasteiger partial charge in [0.25, 0.3) is 0 Å². The van der Waals surface area contributed by atoms with E-state index in [2.05, 4.69) is 26.6 Å². The smallest absolute Gasteiger partial charge is 0.171 e. The summed E-state index contributed by atoms with van der Waals surface area (Å²) in [6.45, 7) is 4.69. The van der Waals surface area contributed by atoms with Crippen molar-refractivity contribution in [2.75, 3.05) is 19.0 Å². The minimum absolute atomic E-state index is 0.191. The zero-order valence-electron chi connectivity index (χ0n) is 10.2. The van der Waals surface area contributed by atoms with Gasteiger partial charge in [0.05, 0.1) is 6.61 Å². The van der Waals surface area contributed by atoms with Crippen LogP contribution in [0.1, 0.15) is 12.5 Å². The molecule has 0 heterocycles. The van der Waals surface area contributed by atoms with Crippen LogP contribution in [0.3, 0.4) is 0 Å². The Morgan fingerprint density at radius 1 is 1.53 bits per heavy atom. The molecule has 0 aliphatic heterocycles. The van der Waals surface area contributed by atoms with E-state index < -0.39 is 0 Å². The second-order valence-electron chi connectivity index (χ2n) is 3.92. The monoisotopic (exact) mass is 316 g/mol. The van der Waals surface area contributed by atoms with E-state index in [1.165, 1.54) is 5.56 Å². The van der Waals surface area contributed by atoms with Gasteiger partial charge in [-0.25, -0.2) is 0 Å². The lowest BCUT2D eigenvalue weighted by Crippen LogP contribution is -2.38. The molecule has 0 unspecified atom stereocenters. The normalized spacial score (nSPS) is 12.0. The zero-order valence-corrected chi connectivity index (χ0v) is 12.6. The van der Waals surface area contributed by atoms with Crippen LogP contribution in [0.25, 0.3) is 0 Å². The molecule has 1 aromatic rings. The minimum atomic E-state index is 0.191. The summed E-state index contributed by atoms with van der Waals surface area (Å²) in [6.07, 6.45) is 0. The summed E-state index contributed by atoms with van der Waals surface area (Å²) in [6, 6.07) is 6.21. The Morgan fingerprint density at radius 3 is 2.82 bits per heavy atom. The molecule has 5 heteroatoms. The first-order valence-electron chi connectivity index (χ1n) is 5.35. The maximum Gasteiger partial charge on any atom is 0.171 e. The van der Waals surface area contributed by atoms with Crippen LogP contribution >= 0.6 is 28.1 Å². The van der Waals surface area contributed by atoms with E-state index in [0.29, 0.717) is 11.7 Å². The predicted octanol–water partition coefficient (Wildman–Crippen LogP) is 3.08. The van der Waals surface area contributed by atoms with Crippen LogP contribution < -0.4 is 10.6 Å². The molecule has 17 heavy (non-hydrogen) atoms. The van der Waals surface area contributed by atoms with Gasteiger partial charge >= 0.3 is 0 Å². The molecule has 2 N–H and O–H groups in total. The SMILES string of the molecule is COC[C@H](C)NC(=S)Nc1ccc(Br)c(C)c1. The third kappa shape index (κ3) is 5.02. The summed E-state index contributed by atoms with van der Waals surface area (Å²) in [4.78, 5) is 0. The second kappa shape index (κ2) is 6.93. The van der Waals surface area contributed by atoms with Crippen molar-refractivity contribution < 1.29 is 4.74 Å². The predicted molar refractivity (Wildman–Crippen MR) is 79.6 cm³/mol. The largest absolute Gasteiger partial charge is 0.383 e. The van der Waals surface area contributed by atoms with Crippen molar-refractivity contribution in [2.45, 2.75) is 19.9 Å². The molecule has 0 radical (unpaired) electrons. The maximum absolute atomic E-state index is 5.21. The zero-order chi connectivity index (χ0) is 12.8. The fraction of sp³-hybridized carbons (Fsp3) is 0.417. The van der Waals surface area contributed by atoms with E-state index in [4.69, 9.17) is 17.0 Å². The second-order valence-corrected chi connectivity index (χ2v) is 5.18. The van der Waals surface area contributed by atoms with Crippen LogP contribution in [0.4, 0.5) is 5.69 Å². The quantitative estimate of drug-likeness (QED) is 0.836. The molecule has 3 nitrogen and oxygen atoms in total. The first-order valence-corrected chi connectivity index (χ1v) is 6.55. The minimum Gasteiger partial charge on any atom is -0.383 e. The van der Waals surface area contributed by atoms with E-state index >= 15 is 0 Å². The van der Waals surface area contributed by atoms with Gasteiger partial charge in [-0.15, -0.1) is 0 Å². The van der Waals surface area contributed by atoms with Crippen LogP contribution in [-0.2, 0) is 4.74 Å². The molecule has 0 fully saturated rings. The molecule has 0 amide bonds. The van der Waals surface area contributed by atoms with Crippen molar-refractivity contribution >= 4 is 38.9 Å². The van der Waals surface area contributed by atoms with E-state index in [9.17, 15) is 0 Å². The van der Waals surface area contributed by atoms with Gasteiger partial charge in [-0.1, -0.05) is 15.9 Å². The lowest BCUT2D eigenvalue weighted by Gasteiger charge is -2.16. The highest BCUT2D eigenvalue weighted by molar-refractivity contribution is 9.10. The lowest BCUT2D eigenvalue weighted by molar-refractivity contribution is 0.179. The summed E-state index contributed by atoms with van der Waals surface area (Å²) < 4.78 is 6.13. The molecule has 0 saturated heterocycles. The molecular weight excluding hydrogens is 300 g/mol. The first-order chi connectivity index (χ1) is 8.02. The number of aryl methyl sites for hydroxylation is 1. The Kier molecular flexibility index (Phi) is 5.88. The number of rotatable bonds is 4. The average Bonchev–Trinajstić information content (AvgIpc) is 2.23. The number of benzene rings is 1. The molecule has 1 atom stereocenters. The number of thiocarbonyl (C=S) groups is 1. The first kappa shape index (κ1) is 14.4. The van der Waals surface area contributed by atoms with Gasteiger partial charge in [0.2, 0.25) is 0 Å². The summed E-state index contributed by atoms with van der Waals surface area (Å²) in [5.41, 5.74) is 2.15. The number of anilines is 1. The Bertz CT molecular complexity index is 398. The van der Waals surface area contributed by atoms with Gasteiger partial charge in [-0.2, -0.15) is 0 Å². The fourth-order valence-electron chi connectivity index (χ4n) is 1.41. The highest BCUT2D eigenvalue weighted by Gasteiger charge is 2.04. The fourth-order valence-corrected chi connectivity index (χ4v) is 1.97. The third-order valence-electron chi connectivity index (χ3n) is 2.21. The van der Waals surface area contributed by atoms with Gasteiger partial charge in [0.15, 0.2) is 5.11 Å². The molecule has 0 bridgehead atoms. The van der Waals surface area contributed by atoms with Crippen LogP contribution in [0.2, 0.25) is 0 Å². The van der Waals surface area contributed by atoms with Crippen molar-refractivity contribution in [1.29, 1.82) is 0 Å². The van der Waals surface area contributed by atoms with E-state index in [-0.39, 0.29) is 6.04 Å². The van der Waals surface area contributed by atoms with Crippen molar-refractivity contribution in [3.8, 4) is 0 Å². The van der Waals surface area contributed by atoms with Crippen LogP contribution in [0, 0.1) is 6.92 Å². The van der Waals surface area contributed by atoms with Crippen LogP contribution in [0.15, 0.2) is 22.7 Å². The van der Waals surface area contributed by atoms with Crippen LogP contribution in [0.5, 0.6) is 0 Å². The Labute approximate surface area is 116 Å². The van der Waals surface area contributed by atoms with Gasteiger partial charge in [0.1, 0.15) is 0 Å². The van der Waals surface area contributed by atoms with Crippen molar-refractivity contribution in [3.05, 3.63) is 28.2 Å². The number of nitrogens with one attached hydrogen (secondary N) is 2. The van der Waals surface area contributed by atoms with E-state index in [1.54, 1.807) is 7.11 Å². The topological polar surface area (TPSA) is 33.3 Å². The molecule has 0 aliphatic carbocycles. The van der Waals surface area contributed by atoms with Gasteiger partial charge < -0.3 is 15.4 Å². The molecule has 0 saturated carbocycles. The van der Waals surface area contributed by atoms with Gasteiger partial charge in [-0.05, 0) is 49.8 Å². The molecule has 1 rings (SSSR count). The third-order valence-corrected chi connectivity index (χ3v) is 3.32. The molecule has 0 aromatic heterocycles. The summed E-state index contributed by atoms with van der Waals surface area (Å²) in [7, 11) is 1.67. The highest BCUT2D eigenvalue weighted by Crippen LogP contribution is 2.19. The van der Waals surface area contributed by atoms with E-state index in [0.717, 1.165) is 10.2 Å². The Morgan fingerprint density at radius 2 is 2.24 bits per heavy atom. The van der Waals surface area contributed by atoms with Crippen molar-refractivity contribution in [3.63, 3.8) is 0 Å². The van der Waals surface area contributed by atoms with E-state index in [1.807, 2.05) is 32.0 Å². The van der Waals surface area contributed by atoms with Gasteiger partial charge in [0, 0.05) is 23.3 Å². The van der Waals surface area contributed by atoms with Crippen molar-refractivity contribution in [2.24, 2.45) is 0 Å². The van der Waals surface area contributed by atoms with Gasteiger partial charge in [-0.3, -0.25) is 0 Å². The summed E-state index contributed by atoms with van der Waals surface area (Å²) >= 11 is 8.68. The number of halogens is 1. The summed E-state index contributed by atoms with van der Waals surface area (Å²) in [5.74, 6) is 0. The maximum atomic E-state index is 5.21. The number of hydrogen-bond donors (Lipinski definition) is 2. The lowest BCUT2D eigenvalue weighted by atomic mass is 10.2. The number of methoxy groups -OCH3 is 1. The molecule has 0 spiro atoms. The standard InChI is InChI=1S/C12H17BrN2OS/c1-8-6-10(4-5-11(8)13)15-12(17)14-9(2)7-16-3/h4-6,9H,7H2,1-3H3,(H2,14,15,17)/t9-/m0/s1. The molecular formula is C12H17BrN2OS. The summed E-state index contributed by atoms with van der Waals surface area (Å²) in [5, 5.41) is 6.90. The Balaban J connectivity index is 2.53. The molecule has 94 valence electrons. The molecule has 0 aliphatic rings. The van der Waals surface area contributed by atoms with Crippen molar-refractivity contribution in [1.82, 2.24) is 5.32 Å².